The van der Waals surface area contributed by atoms with E-state index in [2.05, 4.69) is 10.3 Å². The molecule has 90 valence electrons. The number of amides is 1. The maximum atomic E-state index is 11.9. The number of carbonyl (C=O) groups excluding carboxylic acids is 1. The predicted molar refractivity (Wildman–Crippen MR) is 68.4 cm³/mol. The van der Waals surface area contributed by atoms with Crippen molar-refractivity contribution in [1.29, 1.82) is 0 Å². The lowest BCUT2D eigenvalue weighted by Crippen LogP contribution is -2.33. The van der Waals surface area contributed by atoms with E-state index >= 15 is 0 Å². The summed E-state index contributed by atoms with van der Waals surface area (Å²) < 4.78 is 0. The molecule has 3 nitrogen and oxygen atoms in total. The van der Waals surface area contributed by atoms with E-state index in [1.165, 1.54) is 11.3 Å². The summed E-state index contributed by atoms with van der Waals surface area (Å²) in [4.78, 5) is 16.8. The van der Waals surface area contributed by atoms with Crippen LogP contribution in [0, 0.1) is 13.8 Å². The number of thiazole rings is 1. The Bertz CT molecular complexity index is 376. The van der Waals surface area contributed by atoms with Gasteiger partial charge < -0.3 is 5.32 Å². The van der Waals surface area contributed by atoms with E-state index in [0.29, 0.717) is 4.88 Å². The number of aryl methyl sites for hydroxylation is 2. The van der Waals surface area contributed by atoms with Gasteiger partial charge in [-0.25, -0.2) is 4.98 Å². The lowest BCUT2D eigenvalue weighted by atomic mass is 10.2. The zero-order chi connectivity index (χ0) is 12.3. The Balaban J connectivity index is 2.62. The fourth-order valence-electron chi connectivity index (χ4n) is 1.58. The molecule has 0 aromatic carbocycles. The summed E-state index contributed by atoms with van der Waals surface area (Å²) in [5.41, 5.74) is 0.797. The van der Waals surface area contributed by atoms with Gasteiger partial charge >= 0.3 is 0 Å². The number of carbonyl (C=O) groups is 1. The van der Waals surface area contributed by atoms with Gasteiger partial charge in [0.1, 0.15) is 4.88 Å². The fourth-order valence-corrected chi connectivity index (χ4v) is 2.67. The maximum Gasteiger partial charge on any atom is 0.263 e. The van der Waals surface area contributed by atoms with Gasteiger partial charge in [0.05, 0.1) is 10.7 Å². The standard InChI is InChI=1S/C11H17ClN2OS/c1-6(12)5-7(2)13-11(15)10-8(3)14-9(4)16-10/h6-7H,5H2,1-4H3,(H,13,15). The molecule has 0 spiro atoms. The Labute approximate surface area is 105 Å². The number of hydrogen-bond donors (Lipinski definition) is 1. The van der Waals surface area contributed by atoms with Crippen LogP contribution >= 0.6 is 22.9 Å². The first-order valence-electron chi connectivity index (χ1n) is 5.29. The highest BCUT2D eigenvalue weighted by Crippen LogP contribution is 2.17. The van der Waals surface area contributed by atoms with Crippen LogP contribution in [0.5, 0.6) is 0 Å². The first kappa shape index (κ1) is 13.5. The van der Waals surface area contributed by atoms with Gasteiger partial charge in [0.25, 0.3) is 5.91 Å². The van der Waals surface area contributed by atoms with E-state index < -0.39 is 0 Å². The molecule has 1 heterocycles. The Morgan fingerprint density at radius 3 is 2.56 bits per heavy atom. The predicted octanol–water partition coefficient (Wildman–Crippen LogP) is 2.90. The molecule has 5 heteroatoms. The van der Waals surface area contributed by atoms with E-state index in [0.717, 1.165) is 17.1 Å². The molecule has 1 amide bonds. The van der Waals surface area contributed by atoms with E-state index in [4.69, 9.17) is 11.6 Å². The first-order chi connectivity index (χ1) is 7.40. The molecule has 1 N–H and O–H groups in total. The van der Waals surface area contributed by atoms with Gasteiger partial charge in [-0.2, -0.15) is 0 Å². The maximum absolute atomic E-state index is 11.9. The van der Waals surface area contributed by atoms with E-state index in [9.17, 15) is 4.79 Å². The molecule has 0 fully saturated rings. The molecule has 16 heavy (non-hydrogen) atoms. The van der Waals surface area contributed by atoms with Crippen LogP contribution in [0.3, 0.4) is 0 Å². The van der Waals surface area contributed by atoms with E-state index in [-0.39, 0.29) is 17.3 Å². The molecule has 0 radical (unpaired) electrons. The summed E-state index contributed by atoms with van der Waals surface area (Å²) in [5.74, 6) is -0.0482. The third-order valence-electron chi connectivity index (χ3n) is 2.17. The number of rotatable bonds is 4. The summed E-state index contributed by atoms with van der Waals surface area (Å²) in [6.45, 7) is 7.64. The second kappa shape index (κ2) is 5.64. The lowest BCUT2D eigenvalue weighted by molar-refractivity contribution is 0.0942. The minimum atomic E-state index is -0.0482. The van der Waals surface area contributed by atoms with Crippen molar-refractivity contribution in [1.82, 2.24) is 10.3 Å². The third kappa shape index (κ3) is 3.76. The monoisotopic (exact) mass is 260 g/mol. The van der Waals surface area contributed by atoms with Crippen molar-refractivity contribution in [3.05, 3.63) is 15.6 Å². The Morgan fingerprint density at radius 2 is 2.12 bits per heavy atom. The molecule has 0 aliphatic heterocycles. The van der Waals surface area contributed by atoms with Crippen LogP contribution in [0.1, 0.15) is 40.6 Å². The molecule has 2 unspecified atom stereocenters. The molecular formula is C11H17ClN2OS. The van der Waals surface area contributed by atoms with Crippen LogP contribution in [-0.4, -0.2) is 22.3 Å². The number of nitrogens with one attached hydrogen (secondary N) is 1. The van der Waals surface area contributed by atoms with Gasteiger partial charge in [0.2, 0.25) is 0 Å². The SMILES string of the molecule is Cc1nc(C)c(C(=O)NC(C)CC(C)Cl)s1. The Morgan fingerprint density at radius 1 is 1.50 bits per heavy atom. The number of aromatic nitrogens is 1. The van der Waals surface area contributed by atoms with Crippen LogP contribution in [0.25, 0.3) is 0 Å². The molecule has 1 aromatic rings. The summed E-state index contributed by atoms with van der Waals surface area (Å²) in [7, 11) is 0. The molecule has 1 aromatic heterocycles. The summed E-state index contributed by atoms with van der Waals surface area (Å²) >= 11 is 7.30. The second-order valence-corrected chi connectivity index (χ2v) is 5.99. The van der Waals surface area contributed by atoms with E-state index in [1.54, 1.807) is 0 Å². The molecule has 0 saturated heterocycles. The van der Waals surface area contributed by atoms with Crippen LogP contribution in [0.2, 0.25) is 0 Å². The van der Waals surface area contributed by atoms with Crippen molar-refractivity contribution in [2.45, 2.75) is 45.5 Å². The third-order valence-corrected chi connectivity index (χ3v) is 3.42. The fraction of sp³-hybridized carbons (Fsp3) is 0.636. The Kier molecular flexibility index (Phi) is 4.74. The highest BCUT2D eigenvalue weighted by molar-refractivity contribution is 7.13. The minimum absolute atomic E-state index is 0.0482. The number of alkyl halides is 1. The molecule has 2 atom stereocenters. The quantitative estimate of drug-likeness (QED) is 0.846. The molecule has 0 aliphatic rings. The van der Waals surface area contributed by atoms with Crippen molar-refractivity contribution < 1.29 is 4.79 Å². The second-order valence-electron chi connectivity index (χ2n) is 4.04. The molecule has 0 aliphatic carbocycles. The van der Waals surface area contributed by atoms with Crippen molar-refractivity contribution in [3.8, 4) is 0 Å². The molecule has 0 bridgehead atoms. The van der Waals surface area contributed by atoms with Crippen LogP contribution in [0.4, 0.5) is 0 Å². The average Bonchev–Trinajstić information content (AvgIpc) is 2.43. The van der Waals surface area contributed by atoms with Gasteiger partial charge in [-0.05, 0) is 34.1 Å². The summed E-state index contributed by atoms with van der Waals surface area (Å²) in [6.07, 6.45) is 0.768. The van der Waals surface area contributed by atoms with E-state index in [1.807, 2.05) is 27.7 Å². The Hall–Kier alpha value is -0.610. The van der Waals surface area contributed by atoms with Crippen LogP contribution in [0.15, 0.2) is 0 Å². The first-order valence-corrected chi connectivity index (χ1v) is 6.54. The number of nitrogens with zero attached hydrogens (tertiary/aromatic N) is 1. The number of hydrogen-bond acceptors (Lipinski definition) is 3. The van der Waals surface area contributed by atoms with Gasteiger partial charge in [0.15, 0.2) is 0 Å². The zero-order valence-corrected chi connectivity index (χ0v) is 11.6. The molecule has 1 rings (SSSR count). The zero-order valence-electron chi connectivity index (χ0n) is 10.0. The molecule has 0 saturated carbocycles. The molecular weight excluding hydrogens is 244 g/mol. The smallest absolute Gasteiger partial charge is 0.263 e. The van der Waals surface area contributed by atoms with Crippen LogP contribution in [-0.2, 0) is 0 Å². The average molecular weight is 261 g/mol. The van der Waals surface area contributed by atoms with Crippen molar-refractivity contribution >= 4 is 28.8 Å². The van der Waals surface area contributed by atoms with Crippen molar-refractivity contribution in [2.24, 2.45) is 0 Å². The van der Waals surface area contributed by atoms with Gasteiger partial charge in [0, 0.05) is 11.4 Å². The van der Waals surface area contributed by atoms with Crippen molar-refractivity contribution in [2.75, 3.05) is 0 Å². The van der Waals surface area contributed by atoms with Gasteiger partial charge in [-0.1, -0.05) is 0 Å². The normalized spacial score (nSPS) is 14.6. The topological polar surface area (TPSA) is 42.0 Å². The van der Waals surface area contributed by atoms with Crippen LogP contribution < -0.4 is 5.32 Å². The lowest BCUT2D eigenvalue weighted by Gasteiger charge is -2.14. The number of halogens is 1. The summed E-state index contributed by atoms with van der Waals surface area (Å²) in [6, 6.07) is 0.0850. The van der Waals surface area contributed by atoms with Gasteiger partial charge in [-0.3, -0.25) is 4.79 Å². The highest BCUT2D eigenvalue weighted by atomic mass is 35.5. The van der Waals surface area contributed by atoms with Crippen molar-refractivity contribution in [3.63, 3.8) is 0 Å². The highest BCUT2D eigenvalue weighted by Gasteiger charge is 2.16. The summed E-state index contributed by atoms with van der Waals surface area (Å²) in [5, 5.41) is 3.92. The minimum Gasteiger partial charge on any atom is -0.349 e. The largest absolute Gasteiger partial charge is 0.349 e. The van der Waals surface area contributed by atoms with Gasteiger partial charge in [-0.15, -0.1) is 22.9 Å².